The number of hydrogen-bond donors (Lipinski definition) is 3. The number of carbonyl (C=O) groups excluding carboxylic acids is 2. The van der Waals surface area contributed by atoms with Crippen molar-refractivity contribution in [1.29, 1.82) is 0 Å². The number of nitrogens with one attached hydrogen (secondary N) is 1. The molecule has 0 aromatic heterocycles. The molecule has 2 fully saturated rings. The fraction of sp³-hybridized carbons (Fsp3) is 0.471. The number of primary sulfonamides is 1. The predicted octanol–water partition coefficient (Wildman–Crippen LogP) is 0.0564. The Labute approximate surface area is 156 Å². The lowest BCUT2D eigenvalue weighted by atomic mass is 10.1. The standard InChI is InChI=1S/C17H21N3O6S/c18-27(25,26)13-3-1-2-12(8-13)20-9-11(7-15(20)21)16(22)19-14(17(23)24)6-10-4-5-10/h1-3,8,10-11,14H,4-7,9H2,(H,19,22)(H,23,24)(H2,18,25,26). The van der Waals surface area contributed by atoms with Gasteiger partial charge in [0.2, 0.25) is 21.8 Å². The number of nitrogens with two attached hydrogens (primary N) is 1. The van der Waals surface area contributed by atoms with E-state index < -0.39 is 33.9 Å². The molecule has 1 saturated carbocycles. The van der Waals surface area contributed by atoms with E-state index in [9.17, 15) is 27.9 Å². The Morgan fingerprint density at radius 2 is 2.04 bits per heavy atom. The first-order chi connectivity index (χ1) is 12.6. The van der Waals surface area contributed by atoms with Crippen LogP contribution in [0.1, 0.15) is 25.7 Å². The minimum Gasteiger partial charge on any atom is -0.480 e. The van der Waals surface area contributed by atoms with Gasteiger partial charge < -0.3 is 15.3 Å². The Morgan fingerprint density at radius 1 is 1.33 bits per heavy atom. The Morgan fingerprint density at radius 3 is 2.63 bits per heavy atom. The average Bonchev–Trinajstić information content (AvgIpc) is 3.32. The molecule has 0 radical (unpaired) electrons. The molecule has 1 saturated heterocycles. The average molecular weight is 395 g/mol. The molecule has 2 unspecified atom stereocenters. The number of carboxylic acids is 1. The summed E-state index contributed by atoms with van der Waals surface area (Å²) in [5, 5.41) is 16.9. The van der Waals surface area contributed by atoms with Gasteiger partial charge in [-0.2, -0.15) is 0 Å². The maximum atomic E-state index is 12.4. The summed E-state index contributed by atoms with van der Waals surface area (Å²) >= 11 is 0. The lowest BCUT2D eigenvalue weighted by Gasteiger charge is -2.19. The summed E-state index contributed by atoms with van der Waals surface area (Å²) in [5.74, 6) is -2.28. The number of benzene rings is 1. The van der Waals surface area contributed by atoms with Gasteiger partial charge in [0.25, 0.3) is 0 Å². The van der Waals surface area contributed by atoms with Gasteiger partial charge in [0.05, 0.1) is 10.8 Å². The Bertz CT molecular complexity index is 880. The Balaban J connectivity index is 1.69. The van der Waals surface area contributed by atoms with E-state index in [2.05, 4.69) is 5.32 Å². The molecular weight excluding hydrogens is 374 g/mol. The third kappa shape index (κ3) is 4.64. The molecule has 2 aliphatic rings. The van der Waals surface area contributed by atoms with Crippen LogP contribution in [0, 0.1) is 11.8 Å². The fourth-order valence-electron chi connectivity index (χ4n) is 3.16. The summed E-state index contributed by atoms with van der Waals surface area (Å²) in [4.78, 5) is 37.3. The summed E-state index contributed by atoms with van der Waals surface area (Å²) in [6, 6.07) is 4.66. The highest BCUT2D eigenvalue weighted by Gasteiger charge is 2.38. The highest BCUT2D eigenvalue weighted by atomic mass is 32.2. The molecule has 4 N–H and O–H groups in total. The van der Waals surface area contributed by atoms with E-state index in [1.165, 1.54) is 23.1 Å². The van der Waals surface area contributed by atoms with Crippen molar-refractivity contribution in [3.63, 3.8) is 0 Å². The number of hydrogen-bond acceptors (Lipinski definition) is 5. The molecule has 1 heterocycles. The van der Waals surface area contributed by atoms with Crippen molar-refractivity contribution in [2.75, 3.05) is 11.4 Å². The van der Waals surface area contributed by atoms with Crippen molar-refractivity contribution in [3.05, 3.63) is 24.3 Å². The monoisotopic (exact) mass is 395 g/mol. The van der Waals surface area contributed by atoms with Crippen LogP contribution in [0.25, 0.3) is 0 Å². The van der Waals surface area contributed by atoms with Crippen molar-refractivity contribution in [2.45, 2.75) is 36.6 Å². The zero-order chi connectivity index (χ0) is 19.8. The van der Waals surface area contributed by atoms with Gasteiger partial charge in [0, 0.05) is 18.7 Å². The second kappa shape index (κ2) is 7.28. The molecule has 0 bridgehead atoms. The van der Waals surface area contributed by atoms with Gasteiger partial charge in [-0.1, -0.05) is 18.9 Å². The van der Waals surface area contributed by atoms with E-state index in [0.29, 0.717) is 18.0 Å². The first-order valence-electron chi connectivity index (χ1n) is 8.61. The molecule has 2 atom stereocenters. The molecule has 1 aliphatic carbocycles. The summed E-state index contributed by atoms with van der Waals surface area (Å²) in [5.41, 5.74) is 0.328. The lowest BCUT2D eigenvalue weighted by molar-refractivity contribution is -0.142. The van der Waals surface area contributed by atoms with Crippen LogP contribution in [0.4, 0.5) is 5.69 Å². The third-order valence-corrected chi connectivity index (χ3v) is 5.75. The topological polar surface area (TPSA) is 147 Å². The predicted molar refractivity (Wildman–Crippen MR) is 95.2 cm³/mol. The molecule has 1 aromatic rings. The number of rotatable bonds is 7. The van der Waals surface area contributed by atoms with Crippen LogP contribution in [0.3, 0.4) is 0 Å². The SMILES string of the molecule is NS(=O)(=O)c1cccc(N2CC(C(=O)NC(CC3CC3)C(=O)O)CC2=O)c1. The first kappa shape index (κ1) is 19.3. The van der Waals surface area contributed by atoms with E-state index in [4.69, 9.17) is 5.14 Å². The van der Waals surface area contributed by atoms with Crippen LogP contribution in [0.2, 0.25) is 0 Å². The molecular formula is C17H21N3O6S. The number of carboxylic acid groups (broad SMARTS) is 1. The molecule has 3 rings (SSSR count). The highest BCUT2D eigenvalue weighted by Crippen LogP contribution is 2.34. The molecule has 0 spiro atoms. The van der Waals surface area contributed by atoms with Crippen LogP contribution in [-0.2, 0) is 24.4 Å². The van der Waals surface area contributed by atoms with Crippen molar-refractivity contribution in [1.82, 2.24) is 5.32 Å². The molecule has 2 amide bonds. The van der Waals surface area contributed by atoms with E-state index in [0.717, 1.165) is 12.8 Å². The number of anilines is 1. The third-order valence-electron chi connectivity index (χ3n) is 4.83. The van der Waals surface area contributed by atoms with E-state index >= 15 is 0 Å². The van der Waals surface area contributed by atoms with E-state index in [1.807, 2.05) is 0 Å². The fourth-order valence-corrected chi connectivity index (χ4v) is 3.71. The van der Waals surface area contributed by atoms with Gasteiger partial charge >= 0.3 is 5.97 Å². The molecule has 146 valence electrons. The van der Waals surface area contributed by atoms with Crippen molar-refractivity contribution in [3.8, 4) is 0 Å². The number of carbonyl (C=O) groups is 3. The normalized spacial score (nSPS) is 21.1. The van der Waals surface area contributed by atoms with Gasteiger partial charge in [0.15, 0.2) is 0 Å². The van der Waals surface area contributed by atoms with Crippen LogP contribution < -0.4 is 15.4 Å². The van der Waals surface area contributed by atoms with Gasteiger partial charge in [-0.05, 0) is 30.5 Å². The van der Waals surface area contributed by atoms with E-state index in [-0.39, 0.29) is 23.8 Å². The second-order valence-electron chi connectivity index (χ2n) is 7.03. The first-order valence-corrected chi connectivity index (χ1v) is 10.2. The summed E-state index contributed by atoms with van der Waals surface area (Å²) in [6.45, 7) is 0.0501. The molecule has 27 heavy (non-hydrogen) atoms. The van der Waals surface area contributed by atoms with Gasteiger partial charge in [0.1, 0.15) is 6.04 Å². The smallest absolute Gasteiger partial charge is 0.326 e. The minimum absolute atomic E-state index is 0.0501. The summed E-state index contributed by atoms with van der Waals surface area (Å²) < 4.78 is 23.0. The van der Waals surface area contributed by atoms with Crippen LogP contribution >= 0.6 is 0 Å². The Hall–Kier alpha value is -2.46. The number of sulfonamides is 1. The molecule has 1 aromatic carbocycles. The number of aliphatic carboxylic acids is 1. The lowest BCUT2D eigenvalue weighted by Crippen LogP contribution is -2.44. The van der Waals surface area contributed by atoms with Crippen molar-refractivity contribution < 1.29 is 27.9 Å². The number of nitrogens with zero attached hydrogens (tertiary/aromatic N) is 1. The molecule has 1 aliphatic heterocycles. The van der Waals surface area contributed by atoms with E-state index in [1.54, 1.807) is 6.07 Å². The maximum absolute atomic E-state index is 12.4. The largest absolute Gasteiger partial charge is 0.480 e. The van der Waals surface area contributed by atoms with Gasteiger partial charge in [-0.25, -0.2) is 18.4 Å². The zero-order valence-corrected chi connectivity index (χ0v) is 15.3. The maximum Gasteiger partial charge on any atom is 0.326 e. The molecule has 9 nitrogen and oxygen atoms in total. The highest BCUT2D eigenvalue weighted by molar-refractivity contribution is 7.89. The summed E-state index contributed by atoms with van der Waals surface area (Å²) in [7, 11) is -3.92. The van der Waals surface area contributed by atoms with Crippen molar-refractivity contribution >= 4 is 33.5 Å². The van der Waals surface area contributed by atoms with Crippen LogP contribution in [0.15, 0.2) is 29.2 Å². The minimum atomic E-state index is -3.92. The quantitative estimate of drug-likeness (QED) is 0.595. The zero-order valence-electron chi connectivity index (χ0n) is 14.5. The molecule has 10 heteroatoms. The van der Waals surface area contributed by atoms with Gasteiger partial charge in [-0.15, -0.1) is 0 Å². The van der Waals surface area contributed by atoms with Crippen molar-refractivity contribution in [2.24, 2.45) is 17.0 Å². The Kier molecular flexibility index (Phi) is 5.20. The van der Waals surface area contributed by atoms with Crippen LogP contribution in [-0.4, -0.2) is 43.9 Å². The van der Waals surface area contributed by atoms with Gasteiger partial charge in [-0.3, -0.25) is 9.59 Å². The summed E-state index contributed by atoms with van der Waals surface area (Å²) in [6.07, 6.45) is 2.26. The van der Waals surface area contributed by atoms with Crippen LogP contribution in [0.5, 0.6) is 0 Å². The second-order valence-corrected chi connectivity index (χ2v) is 8.59. The number of amides is 2.